The number of hydrogen-bond acceptors (Lipinski definition) is 4. The van der Waals surface area contributed by atoms with E-state index in [9.17, 15) is 5.11 Å². The second-order valence-electron chi connectivity index (χ2n) is 3.82. The second-order valence-corrected chi connectivity index (χ2v) is 3.82. The number of hydrogen-bond donors (Lipinski definition) is 1. The lowest BCUT2D eigenvalue weighted by molar-refractivity contribution is 0.153. The van der Waals surface area contributed by atoms with Crippen molar-refractivity contribution in [3.63, 3.8) is 0 Å². The second kappa shape index (κ2) is 7.17. The van der Waals surface area contributed by atoms with E-state index in [1.165, 1.54) is 20.0 Å². The van der Waals surface area contributed by atoms with Crippen LogP contribution in [-0.4, -0.2) is 22.2 Å². The van der Waals surface area contributed by atoms with E-state index in [1.807, 2.05) is 0 Å². The van der Waals surface area contributed by atoms with Crippen LogP contribution in [0.25, 0.3) is 0 Å². The van der Waals surface area contributed by atoms with Crippen LogP contribution in [0, 0.1) is 0 Å². The van der Waals surface area contributed by atoms with E-state index in [-0.39, 0.29) is 0 Å². The van der Waals surface area contributed by atoms with Crippen molar-refractivity contribution in [3.8, 4) is 5.88 Å². The van der Waals surface area contributed by atoms with Gasteiger partial charge in [0.2, 0.25) is 5.88 Å². The molecule has 0 aromatic carbocycles. The van der Waals surface area contributed by atoms with Crippen LogP contribution in [-0.2, 0) is 0 Å². The Kier molecular flexibility index (Phi) is 5.78. The largest absolute Gasteiger partial charge is 0.480 e. The summed E-state index contributed by atoms with van der Waals surface area (Å²) in [6.07, 6.45) is 7.86. The Morgan fingerprint density at radius 2 is 2.00 bits per heavy atom. The van der Waals surface area contributed by atoms with Crippen LogP contribution in [0.5, 0.6) is 5.88 Å². The Bertz CT molecular complexity index is 305. The first-order chi connectivity index (χ1) is 7.79. The molecule has 0 aliphatic carbocycles. The molecule has 1 atom stereocenters. The lowest BCUT2D eigenvalue weighted by atomic mass is 10.1. The highest BCUT2D eigenvalue weighted by Crippen LogP contribution is 2.24. The molecule has 0 aliphatic rings. The highest BCUT2D eigenvalue weighted by Gasteiger charge is 2.14. The molecule has 90 valence electrons. The van der Waals surface area contributed by atoms with Gasteiger partial charge in [-0.05, 0) is 6.42 Å². The monoisotopic (exact) mass is 224 g/mol. The van der Waals surface area contributed by atoms with E-state index in [0.29, 0.717) is 11.6 Å². The summed E-state index contributed by atoms with van der Waals surface area (Å²) in [7, 11) is 1.54. The first-order valence-corrected chi connectivity index (χ1v) is 5.82. The number of aliphatic hydroxyl groups excluding tert-OH is 1. The molecule has 1 heterocycles. The molecule has 0 amide bonds. The third-order valence-electron chi connectivity index (χ3n) is 2.53. The van der Waals surface area contributed by atoms with E-state index < -0.39 is 6.10 Å². The summed E-state index contributed by atoms with van der Waals surface area (Å²) < 4.78 is 5.06. The van der Waals surface area contributed by atoms with E-state index in [2.05, 4.69) is 16.9 Å². The van der Waals surface area contributed by atoms with Gasteiger partial charge in [0, 0.05) is 12.4 Å². The van der Waals surface area contributed by atoms with Gasteiger partial charge in [-0.25, -0.2) is 4.98 Å². The molecule has 0 spiro atoms. The van der Waals surface area contributed by atoms with E-state index in [1.54, 1.807) is 12.4 Å². The van der Waals surface area contributed by atoms with Gasteiger partial charge in [-0.15, -0.1) is 0 Å². The van der Waals surface area contributed by atoms with Crippen molar-refractivity contribution in [1.29, 1.82) is 0 Å². The van der Waals surface area contributed by atoms with Crippen molar-refractivity contribution in [2.24, 2.45) is 0 Å². The maximum absolute atomic E-state index is 9.95. The molecular formula is C12H20N2O2. The third kappa shape index (κ3) is 3.77. The van der Waals surface area contributed by atoms with Crippen LogP contribution in [0.3, 0.4) is 0 Å². The summed E-state index contributed by atoms with van der Waals surface area (Å²) in [5.74, 6) is 0.422. The van der Waals surface area contributed by atoms with Gasteiger partial charge in [-0.3, -0.25) is 4.98 Å². The number of rotatable bonds is 7. The lowest BCUT2D eigenvalue weighted by Gasteiger charge is -2.12. The fraction of sp³-hybridized carbons (Fsp3) is 0.667. The number of unbranched alkanes of at least 4 members (excludes halogenated alkanes) is 3. The fourth-order valence-electron chi connectivity index (χ4n) is 1.62. The lowest BCUT2D eigenvalue weighted by Crippen LogP contribution is -2.04. The Morgan fingerprint density at radius 3 is 2.69 bits per heavy atom. The Morgan fingerprint density at radius 1 is 1.25 bits per heavy atom. The van der Waals surface area contributed by atoms with Crippen LogP contribution in [0.15, 0.2) is 12.4 Å². The van der Waals surface area contributed by atoms with Gasteiger partial charge in [0.25, 0.3) is 0 Å². The molecule has 0 fully saturated rings. The standard InChI is InChI=1S/C12H20N2O2/c1-3-4-5-6-7-10(15)11-12(16-2)14-9-8-13-11/h8-10,15H,3-7H2,1-2H3. The normalized spacial score (nSPS) is 12.4. The molecule has 0 aliphatic heterocycles. The molecule has 1 N–H and O–H groups in total. The van der Waals surface area contributed by atoms with Crippen LogP contribution < -0.4 is 4.74 Å². The average molecular weight is 224 g/mol. The average Bonchev–Trinajstić information content (AvgIpc) is 2.34. The zero-order valence-electron chi connectivity index (χ0n) is 10.0. The van der Waals surface area contributed by atoms with Crippen molar-refractivity contribution >= 4 is 0 Å². The molecule has 4 heteroatoms. The number of ether oxygens (including phenoxy) is 1. The molecule has 0 radical (unpaired) electrons. The zero-order chi connectivity index (χ0) is 11.8. The van der Waals surface area contributed by atoms with Crippen molar-refractivity contribution in [3.05, 3.63) is 18.1 Å². The molecule has 1 aromatic heterocycles. The highest BCUT2D eigenvalue weighted by molar-refractivity contribution is 5.19. The minimum Gasteiger partial charge on any atom is -0.480 e. The summed E-state index contributed by atoms with van der Waals surface area (Å²) in [5.41, 5.74) is 0.543. The molecule has 1 aromatic rings. The van der Waals surface area contributed by atoms with Gasteiger partial charge in [-0.2, -0.15) is 0 Å². The minimum absolute atomic E-state index is 0.422. The maximum atomic E-state index is 9.95. The molecule has 16 heavy (non-hydrogen) atoms. The van der Waals surface area contributed by atoms with Crippen LogP contribution >= 0.6 is 0 Å². The molecule has 0 saturated carbocycles. The van der Waals surface area contributed by atoms with Crippen LogP contribution in [0.4, 0.5) is 0 Å². The van der Waals surface area contributed by atoms with Gasteiger partial charge < -0.3 is 9.84 Å². The van der Waals surface area contributed by atoms with Gasteiger partial charge in [0.1, 0.15) is 11.8 Å². The van der Waals surface area contributed by atoms with E-state index in [0.717, 1.165) is 19.3 Å². The number of aliphatic hydroxyl groups is 1. The fourth-order valence-corrected chi connectivity index (χ4v) is 1.62. The third-order valence-corrected chi connectivity index (χ3v) is 2.53. The number of methoxy groups -OCH3 is 1. The maximum Gasteiger partial charge on any atom is 0.238 e. The molecular weight excluding hydrogens is 204 g/mol. The van der Waals surface area contributed by atoms with E-state index >= 15 is 0 Å². The highest BCUT2D eigenvalue weighted by atomic mass is 16.5. The summed E-state index contributed by atoms with van der Waals surface area (Å²) in [4.78, 5) is 8.13. The van der Waals surface area contributed by atoms with Crippen molar-refractivity contribution in [2.75, 3.05) is 7.11 Å². The van der Waals surface area contributed by atoms with Crippen molar-refractivity contribution in [1.82, 2.24) is 9.97 Å². The Hall–Kier alpha value is -1.16. The SMILES string of the molecule is CCCCCCC(O)c1nccnc1OC. The summed E-state index contributed by atoms with van der Waals surface area (Å²) in [6.45, 7) is 2.17. The predicted octanol–water partition coefficient (Wildman–Crippen LogP) is 2.49. The molecule has 0 bridgehead atoms. The smallest absolute Gasteiger partial charge is 0.238 e. The van der Waals surface area contributed by atoms with Crippen molar-refractivity contribution < 1.29 is 9.84 Å². The first-order valence-electron chi connectivity index (χ1n) is 5.82. The Labute approximate surface area is 96.7 Å². The topological polar surface area (TPSA) is 55.2 Å². The number of nitrogens with zero attached hydrogens (tertiary/aromatic N) is 2. The van der Waals surface area contributed by atoms with Crippen LogP contribution in [0.1, 0.15) is 50.8 Å². The minimum atomic E-state index is -0.569. The molecule has 0 saturated heterocycles. The predicted molar refractivity (Wildman–Crippen MR) is 62.3 cm³/mol. The summed E-state index contributed by atoms with van der Waals surface area (Å²) in [5, 5.41) is 9.95. The Balaban J connectivity index is 2.48. The molecule has 1 unspecified atom stereocenters. The van der Waals surface area contributed by atoms with Gasteiger partial charge in [0.15, 0.2) is 0 Å². The van der Waals surface area contributed by atoms with Crippen molar-refractivity contribution in [2.45, 2.75) is 45.1 Å². The van der Waals surface area contributed by atoms with Gasteiger partial charge >= 0.3 is 0 Å². The van der Waals surface area contributed by atoms with Gasteiger partial charge in [0.05, 0.1) is 7.11 Å². The first kappa shape index (κ1) is 12.9. The number of aromatic nitrogens is 2. The summed E-state index contributed by atoms with van der Waals surface area (Å²) >= 11 is 0. The molecule has 1 rings (SSSR count). The van der Waals surface area contributed by atoms with Crippen LogP contribution in [0.2, 0.25) is 0 Å². The van der Waals surface area contributed by atoms with E-state index in [4.69, 9.17) is 4.74 Å². The summed E-state index contributed by atoms with van der Waals surface area (Å²) in [6, 6.07) is 0. The quantitative estimate of drug-likeness (QED) is 0.723. The molecule has 4 nitrogen and oxygen atoms in total. The van der Waals surface area contributed by atoms with Gasteiger partial charge in [-0.1, -0.05) is 32.6 Å². The zero-order valence-corrected chi connectivity index (χ0v) is 10.0.